The Hall–Kier alpha value is -4.00. The van der Waals surface area contributed by atoms with Gasteiger partial charge in [0, 0.05) is 11.9 Å². The lowest BCUT2D eigenvalue weighted by Gasteiger charge is -2.25. The molecule has 1 saturated heterocycles. The van der Waals surface area contributed by atoms with Gasteiger partial charge in [-0.05, 0) is 67.4 Å². The van der Waals surface area contributed by atoms with E-state index < -0.39 is 29.3 Å². The van der Waals surface area contributed by atoms with Crippen molar-refractivity contribution in [3.8, 4) is 5.75 Å². The van der Waals surface area contributed by atoms with E-state index in [1.54, 1.807) is 36.5 Å². The van der Waals surface area contributed by atoms with Crippen molar-refractivity contribution in [2.24, 2.45) is 0 Å². The second-order valence-corrected chi connectivity index (χ2v) is 7.54. The monoisotopic (exact) mass is 432 g/mol. The summed E-state index contributed by atoms with van der Waals surface area (Å²) >= 11 is 0. The van der Waals surface area contributed by atoms with Gasteiger partial charge in [-0.3, -0.25) is 19.5 Å². The number of carbonyl (C=O) groups excluding carboxylic acids is 2. The fourth-order valence-corrected chi connectivity index (χ4v) is 3.80. The summed E-state index contributed by atoms with van der Waals surface area (Å²) in [4.78, 5) is 32.0. The first-order valence-corrected chi connectivity index (χ1v) is 9.96. The number of ether oxygens (including phenoxy) is 1. The summed E-state index contributed by atoms with van der Waals surface area (Å²) in [5.41, 5.74) is 2.65. The molecule has 0 aliphatic carbocycles. The van der Waals surface area contributed by atoms with E-state index in [1.807, 2.05) is 19.9 Å². The standard InChI is InChI=1S/C25H21FN2O4/c1-14-7-9-17(12-15(14)2)28-22(19-6-4-5-11-27-19)21(24(30)25(28)31)23(29)18-13-16(26)8-10-20(18)32-3/h4-13,22,29H,1-3H3/b23-21+. The van der Waals surface area contributed by atoms with Crippen LogP contribution in [-0.4, -0.2) is 28.9 Å². The van der Waals surface area contributed by atoms with Gasteiger partial charge in [0.2, 0.25) is 0 Å². The number of methoxy groups -OCH3 is 1. The summed E-state index contributed by atoms with van der Waals surface area (Å²) in [5, 5.41) is 11.1. The first-order chi connectivity index (χ1) is 15.3. The number of ketones is 1. The molecule has 1 atom stereocenters. The number of hydrogen-bond donors (Lipinski definition) is 1. The molecule has 0 bridgehead atoms. The van der Waals surface area contributed by atoms with Gasteiger partial charge in [-0.15, -0.1) is 0 Å². The van der Waals surface area contributed by atoms with Crippen LogP contribution >= 0.6 is 0 Å². The number of amides is 1. The zero-order valence-electron chi connectivity index (χ0n) is 17.8. The van der Waals surface area contributed by atoms with Gasteiger partial charge in [0.05, 0.1) is 23.9 Å². The topological polar surface area (TPSA) is 79.7 Å². The van der Waals surface area contributed by atoms with Gasteiger partial charge >= 0.3 is 0 Å². The average molecular weight is 432 g/mol. The number of nitrogens with zero attached hydrogens (tertiary/aromatic N) is 2. The molecule has 1 aliphatic rings. The molecule has 162 valence electrons. The molecule has 0 radical (unpaired) electrons. The van der Waals surface area contributed by atoms with E-state index in [0.717, 1.165) is 17.2 Å². The molecule has 1 aromatic heterocycles. The summed E-state index contributed by atoms with van der Waals surface area (Å²) in [7, 11) is 1.37. The van der Waals surface area contributed by atoms with E-state index in [4.69, 9.17) is 4.74 Å². The van der Waals surface area contributed by atoms with Crippen molar-refractivity contribution in [3.05, 3.63) is 94.6 Å². The van der Waals surface area contributed by atoms with Gasteiger partial charge in [0.15, 0.2) is 0 Å². The van der Waals surface area contributed by atoms with Crippen LogP contribution in [0.2, 0.25) is 0 Å². The summed E-state index contributed by atoms with van der Waals surface area (Å²) in [6.45, 7) is 3.85. The molecule has 1 amide bonds. The van der Waals surface area contributed by atoms with Gasteiger partial charge in [-0.25, -0.2) is 4.39 Å². The largest absolute Gasteiger partial charge is 0.507 e. The van der Waals surface area contributed by atoms with E-state index in [1.165, 1.54) is 24.1 Å². The molecular weight excluding hydrogens is 411 g/mol. The minimum atomic E-state index is -0.994. The highest BCUT2D eigenvalue weighted by atomic mass is 19.1. The molecule has 32 heavy (non-hydrogen) atoms. The number of benzene rings is 2. The van der Waals surface area contributed by atoms with Crippen LogP contribution in [0, 0.1) is 19.7 Å². The van der Waals surface area contributed by atoms with Crippen LogP contribution < -0.4 is 9.64 Å². The van der Waals surface area contributed by atoms with E-state index in [-0.39, 0.29) is 16.9 Å². The number of carbonyl (C=O) groups is 2. The second kappa shape index (κ2) is 8.26. The third-order valence-corrected chi connectivity index (χ3v) is 5.60. The maximum atomic E-state index is 14.0. The summed E-state index contributed by atoms with van der Waals surface area (Å²) in [6, 6.07) is 13.1. The maximum absolute atomic E-state index is 14.0. The highest BCUT2D eigenvalue weighted by molar-refractivity contribution is 6.51. The lowest BCUT2D eigenvalue weighted by molar-refractivity contribution is -0.132. The zero-order valence-corrected chi connectivity index (χ0v) is 17.8. The SMILES string of the molecule is COc1ccc(F)cc1/C(O)=C1\C(=O)C(=O)N(c2ccc(C)c(C)c2)C1c1ccccn1. The molecule has 1 unspecified atom stereocenters. The Bertz CT molecular complexity index is 1250. The average Bonchev–Trinajstić information content (AvgIpc) is 3.06. The number of aryl methyl sites for hydroxylation is 2. The lowest BCUT2D eigenvalue weighted by Crippen LogP contribution is -2.29. The smallest absolute Gasteiger partial charge is 0.300 e. The molecule has 0 spiro atoms. The van der Waals surface area contributed by atoms with E-state index in [2.05, 4.69) is 4.98 Å². The van der Waals surface area contributed by atoms with Crippen LogP contribution in [0.15, 0.2) is 66.4 Å². The minimum Gasteiger partial charge on any atom is -0.507 e. The number of halogens is 1. The highest BCUT2D eigenvalue weighted by Gasteiger charge is 2.48. The first-order valence-electron chi connectivity index (χ1n) is 9.96. The van der Waals surface area contributed by atoms with Crippen LogP contribution in [0.3, 0.4) is 0 Å². The molecule has 2 heterocycles. The summed E-state index contributed by atoms with van der Waals surface area (Å²) in [5.74, 6) is -2.67. The van der Waals surface area contributed by atoms with Crippen molar-refractivity contribution in [1.82, 2.24) is 4.98 Å². The molecule has 2 aromatic carbocycles. The molecular formula is C25H21FN2O4. The number of pyridine rings is 1. The summed E-state index contributed by atoms with van der Waals surface area (Å²) < 4.78 is 19.2. The molecule has 0 saturated carbocycles. The molecule has 1 aliphatic heterocycles. The predicted molar refractivity (Wildman–Crippen MR) is 118 cm³/mol. The predicted octanol–water partition coefficient (Wildman–Crippen LogP) is 4.47. The number of hydrogen-bond acceptors (Lipinski definition) is 5. The molecule has 1 N–H and O–H groups in total. The molecule has 7 heteroatoms. The number of rotatable bonds is 4. The van der Waals surface area contributed by atoms with Crippen LogP contribution in [0.1, 0.15) is 28.4 Å². The Morgan fingerprint density at radius 1 is 1.06 bits per heavy atom. The van der Waals surface area contributed by atoms with Crippen molar-refractivity contribution >= 4 is 23.1 Å². The van der Waals surface area contributed by atoms with Crippen LogP contribution in [0.25, 0.3) is 5.76 Å². The van der Waals surface area contributed by atoms with E-state index in [0.29, 0.717) is 11.4 Å². The number of aliphatic hydroxyl groups excluding tert-OH is 1. The zero-order chi connectivity index (χ0) is 23.0. The Balaban J connectivity index is 1.98. The Kier molecular flexibility index (Phi) is 5.48. The first kappa shape index (κ1) is 21.2. The molecule has 6 nitrogen and oxygen atoms in total. The lowest BCUT2D eigenvalue weighted by atomic mass is 9.97. The fourth-order valence-electron chi connectivity index (χ4n) is 3.80. The number of aromatic nitrogens is 1. The van der Waals surface area contributed by atoms with Gasteiger partial charge in [-0.2, -0.15) is 0 Å². The van der Waals surface area contributed by atoms with Crippen molar-refractivity contribution in [2.75, 3.05) is 12.0 Å². The third kappa shape index (κ3) is 3.51. The number of anilines is 1. The fraction of sp³-hybridized carbons (Fsp3) is 0.160. The normalized spacial score (nSPS) is 17.6. The minimum absolute atomic E-state index is 0.0217. The quantitative estimate of drug-likeness (QED) is 0.374. The van der Waals surface area contributed by atoms with E-state index >= 15 is 0 Å². The molecule has 4 rings (SSSR count). The van der Waals surface area contributed by atoms with Crippen molar-refractivity contribution in [3.63, 3.8) is 0 Å². The van der Waals surface area contributed by atoms with Crippen LogP contribution in [0.4, 0.5) is 10.1 Å². The maximum Gasteiger partial charge on any atom is 0.300 e. The second-order valence-electron chi connectivity index (χ2n) is 7.54. The Morgan fingerprint density at radius 3 is 2.50 bits per heavy atom. The van der Waals surface area contributed by atoms with Crippen molar-refractivity contribution in [1.29, 1.82) is 0 Å². The van der Waals surface area contributed by atoms with Crippen LogP contribution in [-0.2, 0) is 9.59 Å². The van der Waals surface area contributed by atoms with Crippen molar-refractivity contribution < 1.29 is 23.8 Å². The Labute approximate surface area is 184 Å². The third-order valence-electron chi connectivity index (χ3n) is 5.60. The number of aliphatic hydroxyl groups is 1. The van der Waals surface area contributed by atoms with Crippen molar-refractivity contribution in [2.45, 2.75) is 19.9 Å². The highest BCUT2D eigenvalue weighted by Crippen LogP contribution is 2.43. The van der Waals surface area contributed by atoms with E-state index in [9.17, 15) is 19.1 Å². The summed E-state index contributed by atoms with van der Waals surface area (Å²) in [6.07, 6.45) is 1.54. The van der Waals surface area contributed by atoms with Gasteiger partial charge in [0.25, 0.3) is 11.7 Å². The Morgan fingerprint density at radius 2 is 1.84 bits per heavy atom. The number of Topliss-reactive ketones (excluding diaryl/α,β-unsaturated/α-hetero) is 1. The van der Waals surface area contributed by atoms with Gasteiger partial charge in [0.1, 0.15) is 23.4 Å². The molecule has 3 aromatic rings. The van der Waals surface area contributed by atoms with Gasteiger partial charge in [-0.1, -0.05) is 12.1 Å². The molecule has 1 fully saturated rings. The van der Waals surface area contributed by atoms with Crippen LogP contribution in [0.5, 0.6) is 5.75 Å². The van der Waals surface area contributed by atoms with Gasteiger partial charge < -0.3 is 9.84 Å².